The number of nitrogens with zero attached hydrogens (tertiary/aromatic N) is 2. The molecule has 8 atom stereocenters. The van der Waals surface area contributed by atoms with Crippen molar-refractivity contribution in [3.05, 3.63) is 71.8 Å². The zero-order valence-electron chi connectivity index (χ0n) is 19.0. The molecular formula is C28H36N2. The summed E-state index contributed by atoms with van der Waals surface area (Å²) in [7, 11) is 0. The van der Waals surface area contributed by atoms with Crippen LogP contribution in [-0.2, 0) is 0 Å². The molecule has 7 fully saturated rings. The second-order valence-corrected chi connectivity index (χ2v) is 11.3. The first-order valence-corrected chi connectivity index (χ1v) is 12.1. The van der Waals surface area contributed by atoms with E-state index in [1.54, 1.807) is 0 Å². The maximum absolute atomic E-state index is 2.99. The molecule has 0 unspecified atom stereocenters. The Bertz CT molecular complexity index is 926. The summed E-state index contributed by atoms with van der Waals surface area (Å²) in [5.74, 6) is 0.810. The molecule has 9 rings (SSSR count). The Morgan fingerprint density at radius 2 is 1.47 bits per heavy atom. The highest BCUT2D eigenvalue weighted by Gasteiger charge is 2.73. The fourth-order valence-corrected chi connectivity index (χ4v) is 8.78. The smallest absolute Gasteiger partial charge is 0.0326 e. The van der Waals surface area contributed by atoms with Gasteiger partial charge in [-0.2, -0.15) is 0 Å². The van der Waals surface area contributed by atoms with Crippen LogP contribution in [0.3, 0.4) is 0 Å². The Labute approximate surface area is 182 Å². The average molecular weight is 401 g/mol. The molecule has 30 heavy (non-hydrogen) atoms. The molecule has 2 heteroatoms. The van der Waals surface area contributed by atoms with Crippen molar-refractivity contribution in [2.45, 2.75) is 77.2 Å². The number of fused-ring (bicyclic) bond motifs is 2. The van der Waals surface area contributed by atoms with E-state index in [-0.39, 0.29) is 0 Å². The van der Waals surface area contributed by atoms with E-state index in [0.29, 0.717) is 29.0 Å². The van der Waals surface area contributed by atoms with Gasteiger partial charge in [-0.3, -0.25) is 9.80 Å². The van der Waals surface area contributed by atoms with E-state index >= 15 is 0 Å². The molecule has 0 radical (unpaired) electrons. The van der Waals surface area contributed by atoms with Crippen LogP contribution in [0.4, 0.5) is 0 Å². The molecular weight excluding hydrogens is 364 g/mol. The van der Waals surface area contributed by atoms with Gasteiger partial charge in [-0.15, -0.1) is 0 Å². The van der Waals surface area contributed by atoms with Crippen LogP contribution >= 0.6 is 0 Å². The molecule has 5 heterocycles. The van der Waals surface area contributed by atoms with Crippen molar-refractivity contribution in [2.24, 2.45) is 16.7 Å². The summed E-state index contributed by atoms with van der Waals surface area (Å²) in [4.78, 5) is 5.92. The van der Waals surface area contributed by atoms with Crippen LogP contribution in [0.15, 0.2) is 60.7 Å². The summed E-state index contributed by atoms with van der Waals surface area (Å²) >= 11 is 0. The molecule has 158 valence electrons. The summed E-state index contributed by atoms with van der Waals surface area (Å²) in [6.07, 6.45) is 4.21. The summed E-state index contributed by atoms with van der Waals surface area (Å²) in [5, 5.41) is 0. The number of hydrogen-bond donors (Lipinski definition) is 0. The van der Waals surface area contributed by atoms with Gasteiger partial charge >= 0.3 is 0 Å². The molecule has 2 saturated carbocycles. The third-order valence-corrected chi connectivity index (χ3v) is 9.63. The van der Waals surface area contributed by atoms with Crippen LogP contribution in [0.5, 0.6) is 0 Å². The zero-order chi connectivity index (χ0) is 20.7. The minimum atomic E-state index is 0.386. The summed E-state index contributed by atoms with van der Waals surface area (Å²) in [5.41, 5.74) is 3.76. The fourth-order valence-electron chi connectivity index (χ4n) is 8.78. The normalized spacial score (nSPS) is 41.9. The second-order valence-electron chi connectivity index (χ2n) is 11.3. The SMILES string of the molecule is C[C@H](c1ccccc1)N1C[C@@]2(C)C[C@@H]3[C@H]4CC[C@](C)([C@@H]2N4[C@H](C)c2ccccc2)[C@@H]31. The van der Waals surface area contributed by atoms with Crippen molar-refractivity contribution in [3.8, 4) is 0 Å². The third-order valence-electron chi connectivity index (χ3n) is 9.63. The van der Waals surface area contributed by atoms with Gasteiger partial charge in [-0.1, -0.05) is 74.5 Å². The fraction of sp³-hybridized carbons (Fsp3) is 0.571. The molecule has 2 aliphatic carbocycles. The van der Waals surface area contributed by atoms with E-state index in [2.05, 4.69) is 98.2 Å². The Morgan fingerprint density at radius 1 is 0.867 bits per heavy atom. The molecule has 7 aliphatic rings. The Kier molecular flexibility index (Phi) is 4.09. The second kappa shape index (κ2) is 6.43. The molecule has 5 aliphatic heterocycles. The molecule has 2 nitrogen and oxygen atoms in total. The quantitative estimate of drug-likeness (QED) is 0.614. The van der Waals surface area contributed by atoms with E-state index in [1.807, 2.05) is 0 Å². The van der Waals surface area contributed by atoms with Gasteiger partial charge < -0.3 is 0 Å². The van der Waals surface area contributed by atoms with Crippen molar-refractivity contribution < 1.29 is 0 Å². The molecule has 5 saturated heterocycles. The van der Waals surface area contributed by atoms with Crippen molar-refractivity contribution in [1.82, 2.24) is 9.80 Å². The van der Waals surface area contributed by atoms with Gasteiger partial charge in [0.25, 0.3) is 0 Å². The molecule has 0 amide bonds. The van der Waals surface area contributed by atoms with Gasteiger partial charge in [-0.25, -0.2) is 0 Å². The molecule has 2 aromatic carbocycles. The Hall–Kier alpha value is -1.64. The molecule has 2 aromatic rings. The highest BCUT2D eigenvalue weighted by atomic mass is 15.4. The first-order chi connectivity index (χ1) is 14.4. The van der Waals surface area contributed by atoms with Gasteiger partial charge in [-0.05, 0) is 61.0 Å². The van der Waals surface area contributed by atoms with Crippen LogP contribution in [0.25, 0.3) is 0 Å². The van der Waals surface area contributed by atoms with Crippen molar-refractivity contribution in [3.63, 3.8) is 0 Å². The van der Waals surface area contributed by atoms with Gasteiger partial charge in [0.1, 0.15) is 0 Å². The molecule has 6 bridgehead atoms. The maximum atomic E-state index is 2.99. The minimum absolute atomic E-state index is 0.386. The van der Waals surface area contributed by atoms with Crippen molar-refractivity contribution in [1.29, 1.82) is 0 Å². The van der Waals surface area contributed by atoms with E-state index in [4.69, 9.17) is 0 Å². The van der Waals surface area contributed by atoms with E-state index in [0.717, 1.165) is 18.0 Å². The maximum Gasteiger partial charge on any atom is 0.0326 e. The van der Waals surface area contributed by atoms with Crippen LogP contribution in [0, 0.1) is 16.7 Å². The van der Waals surface area contributed by atoms with E-state index in [9.17, 15) is 0 Å². The standard InChI is InChI=1S/C28H36N2/c1-19(21-11-7-5-8-12-21)29-18-27(3)17-23-24-15-16-28(4,25(23)29)26(27)30(24)20(2)22-13-9-6-10-14-22/h5-14,19-20,23-26H,15-18H2,1-4H3/t19-,20-,23-,24-,25-,26-,27-,28+/m1/s1. The van der Waals surface area contributed by atoms with Crippen LogP contribution in [0.1, 0.15) is 70.2 Å². The summed E-state index contributed by atoms with van der Waals surface area (Å²) < 4.78 is 0. The highest BCUT2D eigenvalue weighted by molar-refractivity contribution is 5.31. The van der Waals surface area contributed by atoms with Crippen LogP contribution in [0.2, 0.25) is 0 Å². The summed E-state index contributed by atoms with van der Waals surface area (Å²) in [6, 6.07) is 25.7. The minimum Gasteiger partial charge on any atom is -0.292 e. The number of piperidine rings is 5. The lowest BCUT2D eigenvalue weighted by molar-refractivity contribution is -0.300. The predicted octanol–water partition coefficient (Wildman–Crippen LogP) is 6.07. The first kappa shape index (κ1) is 19.1. The number of benzene rings is 2. The number of hydrogen-bond acceptors (Lipinski definition) is 2. The number of rotatable bonds is 4. The van der Waals surface area contributed by atoms with E-state index < -0.39 is 0 Å². The van der Waals surface area contributed by atoms with Crippen LogP contribution in [-0.4, -0.2) is 34.5 Å². The van der Waals surface area contributed by atoms with E-state index in [1.165, 1.54) is 36.9 Å². The first-order valence-electron chi connectivity index (χ1n) is 12.1. The van der Waals surface area contributed by atoms with Crippen LogP contribution < -0.4 is 0 Å². The lowest BCUT2D eigenvalue weighted by atomic mass is 9.40. The topological polar surface area (TPSA) is 6.48 Å². The Morgan fingerprint density at radius 3 is 2.07 bits per heavy atom. The van der Waals surface area contributed by atoms with Gasteiger partial charge in [0.15, 0.2) is 0 Å². The third kappa shape index (κ3) is 2.38. The monoisotopic (exact) mass is 400 g/mol. The van der Waals surface area contributed by atoms with Gasteiger partial charge in [0, 0.05) is 36.8 Å². The summed E-state index contributed by atoms with van der Waals surface area (Å²) in [6.45, 7) is 11.4. The van der Waals surface area contributed by atoms with Crippen molar-refractivity contribution in [2.75, 3.05) is 6.54 Å². The lowest BCUT2D eigenvalue weighted by Gasteiger charge is -2.80. The zero-order valence-corrected chi connectivity index (χ0v) is 19.0. The predicted molar refractivity (Wildman–Crippen MR) is 123 cm³/mol. The molecule has 0 N–H and O–H groups in total. The lowest BCUT2D eigenvalue weighted by Crippen LogP contribution is -2.85. The van der Waals surface area contributed by atoms with Crippen molar-refractivity contribution >= 4 is 0 Å². The van der Waals surface area contributed by atoms with Gasteiger partial charge in [0.05, 0.1) is 0 Å². The van der Waals surface area contributed by atoms with Gasteiger partial charge in [0.2, 0.25) is 0 Å². The largest absolute Gasteiger partial charge is 0.292 e. The molecule has 0 spiro atoms. The Balaban J connectivity index is 1.40. The highest BCUT2D eigenvalue weighted by Crippen LogP contribution is 2.70. The molecule has 0 aromatic heterocycles. The average Bonchev–Trinajstić information content (AvgIpc) is 2.77.